The quantitative estimate of drug-likeness (QED) is 0.539. The van der Waals surface area contributed by atoms with Crippen molar-refractivity contribution in [3.63, 3.8) is 0 Å². The minimum atomic E-state index is -0.290. The van der Waals surface area contributed by atoms with Crippen LogP contribution in [0.5, 0.6) is 0 Å². The third-order valence-electron chi connectivity index (χ3n) is 2.16. The summed E-state index contributed by atoms with van der Waals surface area (Å²) in [4.78, 5) is 11.4. The van der Waals surface area contributed by atoms with Gasteiger partial charge in [-0.15, -0.1) is 0 Å². The van der Waals surface area contributed by atoms with E-state index >= 15 is 0 Å². The highest BCUT2D eigenvalue weighted by Crippen LogP contribution is 2.26. The summed E-state index contributed by atoms with van der Waals surface area (Å²) in [5.41, 5.74) is 0.349. The van der Waals surface area contributed by atoms with Crippen molar-refractivity contribution in [2.24, 2.45) is 0 Å². The van der Waals surface area contributed by atoms with Crippen molar-refractivity contribution in [2.75, 3.05) is 13.2 Å². The van der Waals surface area contributed by atoms with Crippen LogP contribution in [0.25, 0.3) is 0 Å². The second-order valence-corrected chi connectivity index (χ2v) is 3.68. The van der Waals surface area contributed by atoms with E-state index in [0.29, 0.717) is 18.8 Å². The van der Waals surface area contributed by atoms with Crippen LogP contribution in [0.1, 0.15) is 17.3 Å². The Bertz CT molecular complexity index is 328. The highest BCUT2D eigenvalue weighted by Gasteiger charge is 2.40. The molecule has 0 bridgehead atoms. The molecule has 0 saturated carbocycles. The van der Waals surface area contributed by atoms with Crippen molar-refractivity contribution in [3.05, 3.63) is 35.9 Å². The normalized spacial score (nSPS) is 24.4. The lowest BCUT2D eigenvalue weighted by atomic mass is 10.2. The Morgan fingerprint density at radius 3 is 2.71 bits per heavy atom. The third kappa shape index (κ3) is 2.12. The fourth-order valence-electron chi connectivity index (χ4n) is 1.08. The van der Waals surface area contributed by atoms with Crippen molar-refractivity contribution in [2.45, 2.75) is 12.5 Å². The molecule has 1 heterocycles. The van der Waals surface area contributed by atoms with E-state index in [2.05, 4.69) is 0 Å². The molecule has 1 aliphatic rings. The molecule has 74 valence electrons. The fourth-order valence-corrected chi connectivity index (χ4v) is 1.08. The third-order valence-corrected chi connectivity index (χ3v) is 2.16. The molecule has 1 saturated heterocycles. The van der Waals surface area contributed by atoms with Crippen LogP contribution in [0, 0.1) is 0 Å². The van der Waals surface area contributed by atoms with E-state index in [9.17, 15) is 4.79 Å². The first-order chi connectivity index (χ1) is 6.70. The molecule has 0 amide bonds. The second kappa shape index (κ2) is 3.42. The lowest BCUT2D eigenvalue weighted by Gasteiger charge is -2.06. The summed E-state index contributed by atoms with van der Waals surface area (Å²) >= 11 is 0. The van der Waals surface area contributed by atoms with Gasteiger partial charge in [0.2, 0.25) is 0 Å². The summed E-state index contributed by atoms with van der Waals surface area (Å²) in [7, 11) is 0. The van der Waals surface area contributed by atoms with Gasteiger partial charge in [0.1, 0.15) is 12.2 Å². The van der Waals surface area contributed by atoms with Gasteiger partial charge >= 0.3 is 5.97 Å². The van der Waals surface area contributed by atoms with Gasteiger partial charge in [0, 0.05) is 0 Å². The van der Waals surface area contributed by atoms with Crippen LogP contribution in [0.2, 0.25) is 0 Å². The Balaban J connectivity index is 1.90. The first-order valence-electron chi connectivity index (χ1n) is 4.56. The van der Waals surface area contributed by atoms with Gasteiger partial charge in [-0.1, -0.05) is 18.2 Å². The van der Waals surface area contributed by atoms with Crippen molar-refractivity contribution >= 4 is 5.97 Å². The summed E-state index contributed by atoms with van der Waals surface area (Å²) in [6, 6.07) is 8.96. The molecule has 3 heteroatoms. The zero-order valence-corrected chi connectivity index (χ0v) is 8.03. The van der Waals surface area contributed by atoms with Gasteiger partial charge in [-0.05, 0) is 19.1 Å². The van der Waals surface area contributed by atoms with Crippen LogP contribution >= 0.6 is 0 Å². The molecular formula is C11H12O3. The number of rotatable bonds is 3. The maximum absolute atomic E-state index is 11.4. The van der Waals surface area contributed by atoms with Crippen molar-refractivity contribution in [3.8, 4) is 0 Å². The van der Waals surface area contributed by atoms with E-state index in [1.54, 1.807) is 12.1 Å². The molecule has 1 aliphatic heterocycles. The Hall–Kier alpha value is -1.35. The van der Waals surface area contributed by atoms with Gasteiger partial charge in [0.05, 0.1) is 12.2 Å². The maximum Gasteiger partial charge on any atom is 0.338 e. The van der Waals surface area contributed by atoms with Crippen LogP contribution in [0.3, 0.4) is 0 Å². The molecule has 14 heavy (non-hydrogen) atoms. The molecule has 0 unspecified atom stereocenters. The molecule has 0 aromatic heterocycles. The predicted molar refractivity (Wildman–Crippen MR) is 51.1 cm³/mol. The minimum Gasteiger partial charge on any atom is -0.459 e. The number of benzene rings is 1. The van der Waals surface area contributed by atoms with Gasteiger partial charge in [-0.2, -0.15) is 0 Å². The van der Waals surface area contributed by atoms with Crippen LogP contribution < -0.4 is 0 Å². The number of hydrogen-bond donors (Lipinski definition) is 0. The predicted octanol–water partition coefficient (Wildman–Crippen LogP) is 1.63. The fraction of sp³-hybridized carbons (Fsp3) is 0.364. The molecule has 2 rings (SSSR count). The maximum atomic E-state index is 11.4. The molecule has 3 nitrogen and oxygen atoms in total. The molecule has 0 spiro atoms. The average Bonchev–Trinajstić information content (AvgIpc) is 2.95. The standard InChI is InChI=1S/C11H12O3/c1-11(8-14-11)7-13-10(12)9-5-3-2-4-6-9/h2-6H,7-8H2,1H3/t11-/m0/s1. The molecule has 1 aromatic carbocycles. The van der Waals surface area contributed by atoms with Crippen molar-refractivity contribution in [1.29, 1.82) is 0 Å². The Kier molecular flexibility index (Phi) is 2.25. The van der Waals surface area contributed by atoms with Gasteiger partial charge in [-0.3, -0.25) is 0 Å². The van der Waals surface area contributed by atoms with E-state index < -0.39 is 0 Å². The van der Waals surface area contributed by atoms with Gasteiger partial charge in [-0.25, -0.2) is 4.79 Å². The largest absolute Gasteiger partial charge is 0.459 e. The van der Waals surface area contributed by atoms with E-state index in [-0.39, 0.29) is 11.6 Å². The molecule has 0 N–H and O–H groups in total. The lowest BCUT2D eigenvalue weighted by Crippen LogP contribution is -2.18. The molecule has 1 aromatic rings. The lowest BCUT2D eigenvalue weighted by molar-refractivity contribution is 0.0411. The summed E-state index contributed by atoms with van der Waals surface area (Å²) < 4.78 is 10.2. The van der Waals surface area contributed by atoms with E-state index in [0.717, 1.165) is 0 Å². The topological polar surface area (TPSA) is 38.8 Å². The zero-order valence-electron chi connectivity index (χ0n) is 8.03. The highest BCUT2D eigenvalue weighted by molar-refractivity contribution is 5.89. The number of carbonyl (C=O) groups excluding carboxylic acids is 1. The van der Waals surface area contributed by atoms with Crippen molar-refractivity contribution < 1.29 is 14.3 Å². The summed E-state index contributed by atoms with van der Waals surface area (Å²) in [5.74, 6) is -0.290. The monoisotopic (exact) mass is 192 g/mol. The SMILES string of the molecule is C[C@]1(COC(=O)c2ccccc2)CO1. The number of carbonyl (C=O) groups is 1. The molecule has 0 aliphatic carbocycles. The van der Waals surface area contributed by atoms with Crippen LogP contribution in [-0.4, -0.2) is 24.8 Å². The van der Waals surface area contributed by atoms with Crippen LogP contribution in [0.15, 0.2) is 30.3 Å². The second-order valence-electron chi connectivity index (χ2n) is 3.68. The van der Waals surface area contributed by atoms with E-state index in [4.69, 9.17) is 9.47 Å². The summed E-state index contributed by atoms with van der Waals surface area (Å²) in [5, 5.41) is 0. The Morgan fingerprint density at radius 1 is 1.50 bits per heavy atom. The summed E-state index contributed by atoms with van der Waals surface area (Å²) in [6.07, 6.45) is 0. The minimum absolute atomic E-state index is 0.232. The Labute approximate surface area is 82.6 Å². The van der Waals surface area contributed by atoms with Gasteiger partial charge < -0.3 is 9.47 Å². The van der Waals surface area contributed by atoms with Crippen LogP contribution in [-0.2, 0) is 9.47 Å². The smallest absolute Gasteiger partial charge is 0.338 e. The first-order valence-corrected chi connectivity index (χ1v) is 4.56. The summed E-state index contributed by atoms with van der Waals surface area (Å²) in [6.45, 7) is 2.93. The molecule has 0 radical (unpaired) electrons. The van der Waals surface area contributed by atoms with E-state index in [1.807, 2.05) is 25.1 Å². The average molecular weight is 192 g/mol. The zero-order chi connectivity index (χ0) is 10.0. The first kappa shape index (κ1) is 9.21. The highest BCUT2D eigenvalue weighted by atomic mass is 16.6. The number of esters is 1. The van der Waals surface area contributed by atoms with Crippen molar-refractivity contribution in [1.82, 2.24) is 0 Å². The molecule has 1 fully saturated rings. The van der Waals surface area contributed by atoms with E-state index in [1.165, 1.54) is 0 Å². The van der Waals surface area contributed by atoms with Gasteiger partial charge in [0.15, 0.2) is 0 Å². The molecular weight excluding hydrogens is 180 g/mol. The molecule has 1 atom stereocenters. The number of hydrogen-bond acceptors (Lipinski definition) is 3. The number of epoxide rings is 1. The number of ether oxygens (including phenoxy) is 2. The van der Waals surface area contributed by atoms with Crippen LogP contribution in [0.4, 0.5) is 0 Å². The van der Waals surface area contributed by atoms with Gasteiger partial charge in [0.25, 0.3) is 0 Å². The Morgan fingerprint density at radius 2 is 2.14 bits per heavy atom.